The molecule has 0 amide bonds. The van der Waals surface area contributed by atoms with E-state index in [1.54, 1.807) is 31.3 Å². The number of benzene rings is 2. The molecule has 0 radical (unpaired) electrons. The van der Waals surface area contributed by atoms with Gasteiger partial charge in [0.15, 0.2) is 5.78 Å². The number of unbranched alkanes of at least 4 members (excludes halogenated alkanes) is 2. The number of carboxylic acid groups (broad SMARTS) is 2. The fourth-order valence-corrected chi connectivity index (χ4v) is 4.77. The van der Waals surface area contributed by atoms with Crippen LogP contribution in [0.3, 0.4) is 0 Å². The highest BCUT2D eigenvalue weighted by Gasteiger charge is 2.36. The molecule has 12 nitrogen and oxygen atoms in total. The number of rotatable bonds is 11. The molecule has 0 atom stereocenters. The lowest BCUT2D eigenvalue weighted by Gasteiger charge is -2.11. The highest BCUT2D eigenvalue weighted by atomic mass is 19.4. The largest absolute Gasteiger partial charge is 0.478 e. The van der Waals surface area contributed by atoms with E-state index in [0.717, 1.165) is 23.6 Å². The number of Topliss-reactive ketones (excluding diaryl/α,β-unsaturated/α-hetero) is 1. The van der Waals surface area contributed by atoms with Crippen LogP contribution in [0, 0.1) is 6.92 Å². The van der Waals surface area contributed by atoms with Gasteiger partial charge in [-0.05, 0) is 67.4 Å². The molecule has 2 N–H and O–H groups in total. The van der Waals surface area contributed by atoms with Crippen molar-refractivity contribution >= 4 is 17.7 Å². The molecular weight excluding hydrogens is 607 g/mol. The number of nitrogens with zero attached hydrogens (tertiary/aromatic N) is 7. The molecule has 3 heterocycles. The maximum atomic E-state index is 13.6. The maximum absolute atomic E-state index is 13.6. The van der Waals surface area contributed by atoms with Gasteiger partial charge in [0.05, 0.1) is 51.8 Å². The summed E-state index contributed by atoms with van der Waals surface area (Å²) in [7, 11) is 0. The van der Waals surface area contributed by atoms with Gasteiger partial charge in [0.1, 0.15) is 11.4 Å². The zero-order valence-electron chi connectivity index (χ0n) is 24.5. The predicted octanol–water partition coefficient (Wildman–Crippen LogP) is 6.06. The van der Waals surface area contributed by atoms with Crippen LogP contribution in [-0.2, 0) is 6.18 Å². The van der Waals surface area contributed by atoms with Gasteiger partial charge in [0.25, 0.3) is 0 Å². The Labute approximate surface area is 259 Å². The van der Waals surface area contributed by atoms with Gasteiger partial charge in [-0.1, -0.05) is 30.2 Å². The predicted molar refractivity (Wildman–Crippen MR) is 157 cm³/mol. The molecule has 0 aliphatic carbocycles. The standard InChI is InChI=1S/C31H26F3N7O5/c1-3-4-5-6-28(42)18-12-24(26-15-40(38-36-26)19-7-9-21(29(43)44)17(2)11-19)35-25(13-18)27-16-41(39-37-27)20-8-10-22(30(45)46)23(14-20)31(32,33)34/h7-16H,3-6H2,1-2H3,(H,43,44)(H,45,46). The van der Waals surface area contributed by atoms with Gasteiger partial charge in [-0.2, -0.15) is 13.2 Å². The van der Waals surface area contributed by atoms with Crippen LogP contribution in [0.15, 0.2) is 60.9 Å². The van der Waals surface area contributed by atoms with Gasteiger partial charge in [0, 0.05) is 12.0 Å². The second kappa shape index (κ2) is 12.7. The Morgan fingerprint density at radius 1 is 0.761 bits per heavy atom. The number of ketones is 1. The molecule has 0 saturated carbocycles. The number of aromatic carboxylic acids is 2. The third kappa shape index (κ3) is 6.67. The Balaban J connectivity index is 1.54. The van der Waals surface area contributed by atoms with E-state index < -0.39 is 29.2 Å². The molecule has 2 aromatic carbocycles. The molecule has 15 heteroatoms. The summed E-state index contributed by atoms with van der Waals surface area (Å²) in [6.07, 6.45) is 0.687. The van der Waals surface area contributed by atoms with Gasteiger partial charge in [-0.3, -0.25) is 4.79 Å². The molecule has 0 aliphatic rings. The van der Waals surface area contributed by atoms with Crippen LogP contribution in [-0.4, -0.2) is 62.9 Å². The van der Waals surface area contributed by atoms with E-state index in [-0.39, 0.29) is 46.2 Å². The SMILES string of the molecule is CCCCCC(=O)c1cc(-c2cn(-c3ccc(C(=O)O)c(C)c3)nn2)nc(-c2cn(-c3ccc(C(=O)O)c(C(F)(F)F)c3)nn2)c1. The molecule has 46 heavy (non-hydrogen) atoms. The van der Waals surface area contributed by atoms with Crippen molar-refractivity contribution in [2.75, 3.05) is 0 Å². The van der Waals surface area contributed by atoms with E-state index in [0.29, 0.717) is 29.3 Å². The lowest BCUT2D eigenvalue weighted by molar-refractivity contribution is -0.138. The summed E-state index contributed by atoms with van der Waals surface area (Å²) in [6, 6.07) is 10.4. The fraction of sp³-hybridized carbons (Fsp3) is 0.226. The average Bonchev–Trinajstić information content (AvgIpc) is 3.71. The first-order chi connectivity index (χ1) is 21.8. The van der Waals surface area contributed by atoms with Crippen molar-refractivity contribution in [1.82, 2.24) is 35.0 Å². The third-order valence-electron chi connectivity index (χ3n) is 7.17. The lowest BCUT2D eigenvalue weighted by Crippen LogP contribution is -2.14. The van der Waals surface area contributed by atoms with Crippen molar-refractivity contribution in [2.24, 2.45) is 0 Å². The van der Waals surface area contributed by atoms with Gasteiger partial charge < -0.3 is 10.2 Å². The van der Waals surface area contributed by atoms with Gasteiger partial charge in [-0.15, -0.1) is 10.2 Å². The number of aryl methyl sites for hydroxylation is 1. The maximum Gasteiger partial charge on any atom is 0.417 e. The van der Waals surface area contributed by atoms with E-state index in [4.69, 9.17) is 0 Å². The number of alkyl halides is 3. The highest BCUT2D eigenvalue weighted by Crippen LogP contribution is 2.34. The monoisotopic (exact) mass is 633 g/mol. The Morgan fingerprint density at radius 3 is 1.80 bits per heavy atom. The Kier molecular flexibility index (Phi) is 8.76. The van der Waals surface area contributed by atoms with Gasteiger partial charge >= 0.3 is 18.1 Å². The molecular formula is C31H26F3N7O5. The molecule has 0 saturated heterocycles. The Bertz CT molecular complexity index is 1970. The summed E-state index contributed by atoms with van der Waals surface area (Å²) < 4.78 is 43.3. The van der Waals surface area contributed by atoms with Crippen LogP contribution >= 0.6 is 0 Å². The second-order valence-corrected chi connectivity index (χ2v) is 10.4. The first-order valence-corrected chi connectivity index (χ1v) is 14.1. The summed E-state index contributed by atoms with van der Waals surface area (Å²) in [4.78, 5) is 40.5. The van der Waals surface area contributed by atoms with E-state index in [9.17, 15) is 37.8 Å². The number of halogens is 3. The van der Waals surface area contributed by atoms with Crippen LogP contribution in [0.4, 0.5) is 13.2 Å². The smallest absolute Gasteiger partial charge is 0.417 e. The number of pyridine rings is 1. The molecule has 236 valence electrons. The number of carbonyl (C=O) groups excluding carboxylic acids is 1. The molecule has 3 aromatic heterocycles. The number of hydrogen-bond donors (Lipinski definition) is 2. The highest BCUT2D eigenvalue weighted by molar-refractivity contribution is 5.97. The number of hydrogen-bond acceptors (Lipinski definition) is 8. The first-order valence-electron chi connectivity index (χ1n) is 14.1. The summed E-state index contributed by atoms with van der Waals surface area (Å²) in [5.74, 6) is -2.94. The average molecular weight is 634 g/mol. The minimum absolute atomic E-state index is 0.0877. The minimum atomic E-state index is -4.93. The summed E-state index contributed by atoms with van der Waals surface area (Å²) in [5, 5.41) is 34.9. The number of aromatic nitrogens is 7. The molecule has 5 aromatic rings. The molecule has 0 spiro atoms. The van der Waals surface area contributed by atoms with Crippen LogP contribution in [0.5, 0.6) is 0 Å². The zero-order chi connectivity index (χ0) is 33.2. The van der Waals surface area contributed by atoms with E-state index in [1.807, 2.05) is 6.92 Å². The van der Waals surface area contributed by atoms with Crippen molar-refractivity contribution in [3.63, 3.8) is 0 Å². The molecule has 0 bridgehead atoms. The Hall–Kier alpha value is -5.73. The minimum Gasteiger partial charge on any atom is -0.478 e. The first kappa shape index (κ1) is 31.7. The summed E-state index contributed by atoms with van der Waals surface area (Å²) in [5.41, 5.74) is 0.0615. The molecule has 0 aliphatic heterocycles. The Morgan fingerprint density at radius 2 is 1.30 bits per heavy atom. The van der Waals surface area contributed by atoms with Crippen LogP contribution in [0.2, 0.25) is 0 Å². The van der Waals surface area contributed by atoms with Gasteiger partial charge in [-0.25, -0.2) is 23.9 Å². The van der Waals surface area contributed by atoms with Crippen LogP contribution in [0.1, 0.15) is 74.8 Å². The number of carboxylic acids is 2. The summed E-state index contributed by atoms with van der Waals surface area (Å²) >= 11 is 0. The van der Waals surface area contributed by atoms with Crippen molar-refractivity contribution in [1.29, 1.82) is 0 Å². The van der Waals surface area contributed by atoms with E-state index >= 15 is 0 Å². The van der Waals surface area contributed by atoms with Crippen molar-refractivity contribution in [3.8, 4) is 34.2 Å². The molecule has 0 fully saturated rings. The van der Waals surface area contributed by atoms with Crippen molar-refractivity contribution < 1.29 is 37.8 Å². The quantitative estimate of drug-likeness (QED) is 0.129. The van der Waals surface area contributed by atoms with Crippen LogP contribution < -0.4 is 0 Å². The lowest BCUT2D eigenvalue weighted by atomic mass is 10.0. The zero-order valence-corrected chi connectivity index (χ0v) is 24.5. The fourth-order valence-electron chi connectivity index (χ4n) is 4.77. The normalized spacial score (nSPS) is 11.5. The topological polar surface area (TPSA) is 166 Å². The van der Waals surface area contributed by atoms with Crippen LogP contribution in [0.25, 0.3) is 34.2 Å². The van der Waals surface area contributed by atoms with Gasteiger partial charge in [0.2, 0.25) is 0 Å². The number of carbonyl (C=O) groups is 3. The van der Waals surface area contributed by atoms with E-state index in [2.05, 4.69) is 25.6 Å². The summed E-state index contributed by atoms with van der Waals surface area (Å²) in [6.45, 7) is 3.67. The molecule has 0 unspecified atom stereocenters. The molecule has 5 rings (SSSR count). The second-order valence-electron chi connectivity index (χ2n) is 10.4. The van der Waals surface area contributed by atoms with Crippen molar-refractivity contribution in [3.05, 3.63) is 88.7 Å². The van der Waals surface area contributed by atoms with E-state index in [1.165, 1.54) is 29.1 Å². The third-order valence-corrected chi connectivity index (χ3v) is 7.17. The van der Waals surface area contributed by atoms with Crippen molar-refractivity contribution in [2.45, 2.75) is 45.7 Å².